The fourth-order valence-corrected chi connectivity index (χ4v) is 0.891. The Morgan fingerprint density at radius 2 is 2.09 bits per heavy atom. The lowest BCUT2D eigenvalue weighted by Crippen LogP contribution is -2.09. The minimum absolute atomic E-state index is 0.279. The van der Waals surface area contributed by atoms with Crippen LogP contribution in [0.25, 0.3) is 0 Å². The largest absolute Gasteiger partial charge is 0.396 e. The zero-order valence-electron chi connectivity index (χ0n) is 7.68. The maximum atomic E-state index is 8.53. The fourth-order valence-electron chi connectivity index (χ4n) is 0.891. The number of hydrogen-bond acceptors (Lipinski definition) is 2. The molecule has 11 heavy (non-hydrogen) atoms. The molecule has 0 saturated heterocycles. The van der Waals surface area contributed by atoms with Crippen molar-refractivity contribution in [1.82, 2.24) is 0 Å². The van der Waals surface area contributed by atoms with Gasteiger partial charge in [0, 0.05) is 13.2 Å². The number of ether oxygens (including phenoxy) is 1. The van der Waals surface area contributed by atoms with Crippen LogP contribution in [0.3, 0.4) is 0 Å². The Morgan fingerprint density at radius 3 is 2.64 bits per heavy atom. The van der Waals surface area contributed by atoms with Gasteiger partial charge >= 0.3 is 0 Å². The summed E-state index contributed by atoms with van der Waals surface area (Å²) in [7, 11) is 0. The van der Waals surface area contributed by atoms with Crippen LogP contribution >= 0.6 is 0 Å². The van der Waals surface area contributed by atoms with E-state index in [4.69, 9.17) is 9.84 Å². The predicted molar refractivity (Wildman–Crippen MR) is 46.6 cm³/mol. The van der Waals surface area contributed by atoms with Gasteiger partial charge in [0.25, 0.3) is 0 Å². The van der Waals surface area contributed by atoms with Crippen LogP contribution in [0.4, 0.5) is 0 Å². The van der Waals surface area contributed by atoms with Gasteiger partial charge in [0.05, 0.1) is 6.10 Å². The SMILES string of the molecule is CCCCOC(C)CCCO. The summed E-state index contributed by atoms with van der Waals surface area (Å²) < 4.78 is 5.47. The van der Waals surface area contributed by atoms with E-state index < -0.39 is 0 Å². The molecule has 0 spiro atoms. The molecule has 0 aliphatic carbocycles. The van der Waals surface area contributed by atoms with Crippen LogP contribution in [0.2, 0.25) is 0 Å². The Labute approximate surface area is 69.6 Å². The highest BCUT2D eigenvalue weighted by molar-refractivity contribution is 4.49. The second-order valence-corrected chi connectivity index (χ2v) is 2.90. The van der Waals surface area contributed by atoms with Crippen molar-refractivity contribution in [3.8, 4) is 0 Å². The van der Waals surface area contributed by atoms with Crippen LogP contribution in [0.15, 0.2) is 0 Å². The lowest BCUT2D eigenvalue weighted by atomic mass is 10.2. The van der Waals surface area contributed by atoms with Gasteiger partial charge in [-0.1, -0.05) is 13.3 Å². The van der Waals surface area contributed by atoms with E-state index >= 15 is 0 Å². The molecule has 0 aromatic rings. The molecule has 0 aliphatic rings. The van der Waals surface area contributed by atoms with Crippen molar-refractivity contribution in [1.29, 1.82) is 0 Å². The first-order valence-corrected chi connectivity index (χ1v) is 4.53. The maximum Gasteiger partial charge on any atom is 0.0547 e. The molecule has 2 nitrogen and oxygen atoms in total. The molecule has 0 aliphatic heterocycles. The second kappa shape index (κ2) is 8.02. The molecule has 0 saturated carbocycles. The highest BCUT2D eigenvalue weighted by Gasteiger charge is 1.99. The molecule has 0 amide bonds. The van der Waals surface area contributed by atoms with Gasteiger partial charge in [-0.05, 0) is 26.2 Å². The highest BCUT2D eigenvalue weighted by Crippen LogP contribution is 2.01. The standard InChI is InChI=1S/C9H20O2/c1-3-4-8-11-9(2)6-5-7-10/h9-10H,3-8H2,1-2H3. The van der Waals surface area contributed by atoms with E-state index in [1.807, 2.05) is 0 Å². The number of aliphatic hydroxyl groups excluding tert-OH is 1. The molecule has 0 fully saturated rings. The van der Waals surface area contributed by atoms with Crippen molar-refractivity contribution in [3.05, 3.63) is 0 Å². The maximum absolute atomic E-state index is 8.53. The zero-order chi connectivity index (χ0) is 8.53. The first kappa shape index (κ1) is 10.9. The van der Waals surface area contributed by atoms with E-state index in [0.717, 1.165) is 25.9 Å². The van der Waals surface area contributed by atoms with E-state index in [1.54, 1.807) is 0 Å². The van der Waals surface area contributed by atoms with Gasteiger partial charge in [-0.2, -0.15) is 0 Å². The summed E-state index contributed by atoms with van der Waals surface area (Å²) in [6, 6.07) is 0. The predicted octanol–water partition coefficient (Wildman–Crippen LogP) is 1.96. The molecule has 0 aromatic heterocycles. The smallest absolute Gasteiger partial charge is 0.0547 e. The quantitative estimate of drug-likeness (QED) is 0.577. The van der Waals surface area contributed by atoms with E-state index in [9.17, 15) is 0 Å². The summed E-state index contributed by atoms with van der Waals surface area (Å²) in [5.41, 5.74) is 0. The summed E-state index contributed by atoms with van der Waals surface area (Å²) >= 11 is 0. The van der Waals surface area contributed by atoms with Crippen LogP contribution in [0.1, 0.15) is 39.5 Å². The van der Waals surface area contributed by atoms with Gasteiger partial charge in [0.2, 0.25) is 0 Å². The molecule has 0 radical (unpaired) electrons. The average molecular weight is 160 g/mol. The Balaban J connectivity index is 3.02. The molecular weight excluding hydrogens is 140 g/mol. The van der Waals surface area contributed by atoms with Gasteiger partial charge in [0.1, 0.15) is 0 Å². The molecule has 0 aromatic carbocycles. The summed E-state index contributed by atoms with van der Waals surface area (Å²) in [6.45, 7) is 5.36. The van der Waals surface area contributed by atoms with Crippen LogP contribution in [-0.2, 0) is 4.74 Å². The fraction of sp³-hybridized carbons (Fsp3) is 1.00. The summed E-state index contributed by atoms with van der Waals surface area (Å²) in [6.07, 6.45) is 4.47. The van der Waals surface area contributed by atoms with Gasteiger partial charge in [-0.15, -0.1) is 0 Å². The lowest BCUT2D eigenvalue weighted by Gasteiger charge is -2.11. The number of aliphatic hydroxyl groups is 1. The molecule has 0 bridgehead atoms. The van der Waals surface area contributed by atoms with Gasteiger partial charge < -0.3 is 9.84 Å². The first-order chi connectivity index (χ1) is 5.31. The molecular formula is C9H20O2. The normalized spacial score (nSPS) is 13.4. The van der Waals surface area contributed by atoms with Crippen LogP contribution in [0.5, 0.6) is 0 Å². The summed E-state index contributed by atoms with van der Waals surface area (Å²) in [5, 5.41) is 8.53. The van der Waals surface area contributed by atoms with E-state index in [0.29, 0.717) is 6.10 Å². The Kier molecular flexibility index (Phi) is 7.96. The molecule has 0 heterocycles. The zero-order valence-corrected chi connectivity index (χ0v) is 7.68. The molecule has 1 unspecified atom stereocenters. The first-order valence-electron chi connectivity index (χ1n) is 4.53. The van der Waals surface area contributed by atoms with Crippen molar-refractivity contribution < 1.29 is 9.84 Å². The van der Waals surface area contributed by atoms with E-state index in [2.05, 4.69) is 13.8 Å². The molecule has 1 N–H and O–H groups in total. The van der Waals surface area contributed by atoms with Crippen molar-refractivity contribution in [3.63, 3.8) is 0 Å². The Morgan fingerprint density at radius 1 is 1.36 bits per heavy atom. The lowest BCUT2D eigenvalue weighted by molar-refractivity contribution is 0.0535. The monoisotopic (exact) mass is 160 g/mol. The third kappa shape index (κ3) is 7.82. The van der Waals surface area contributed by atoms with Crippen molar-refractivity contribution >= 4 is 0 Å². The number of unbranched alkanes of at least 4 members (excludes halogenated alkanes) is 1. The number of hydrogen-bond donors (Lipinski definition) is 1. The third-order valence-electron chi connectivity index (χ3n) is 1.67. The van der Waals surface area contributed by atoms with Crippen LogP contribution in [-0.4, -0.2) is 24.4 Å². The summed E-state index contributed by atoms with van der Waals surface area (Å²) in [4.78, 5) is 0. The van der Waals surface area contributed by atoms with Crippen LogP contribution < -0.4 is 0 Å². The van der Waals surface area contributed by atoms with Crippen LogP contribution in [0, 0.1) is 0 Å². The highest BCUT2D eigenvalue weighted by atomic mass is 16.5. The molecule has 2 heteroatoms. The van der Waals surface area contributed by atoms with Gasteiger partial charge in [-0.25, -0.2) is 0 Å². The second-order valence-electron chi connectivity index (χ2n) is 2.90. The molecule has 1 atom stereocenters. The average Bonchev–Trinajstić information content (AvgIpc) is 2.01. The minimum Gasteiger partial charge on any atom is -0.396 e. The molecule has 68 valence electrons. The Bertz CT molecular complexity index is 74.0. The summed E-state index contributed by atoms with van der Waals surface area (Å²) in [5.74, 6) is 0. The van der Waals surface area contributed by atoms with Crippen molar-refractivity contribution in [2.24, 2.45) is 0 Å². The minimum atomic E-state index is 0.279. The Hall–Kier alpha value is -0.0800. The van der Waals surface area contributed by atoms with Crippen molar-refractivity contribution in [2.45, 2.75) is 45.6 Å². The van der Waals surface area contributed by atoms with Crippen molar-refractivity contribution in [2.75, 3.05) is 13.2 Å². The topological polar surface area (TPSA) is 29.5 Å². The van der Waals surface area contributed by atoms with Gasteiger partial charge in [-0.3, -0.25) is 0 Å². The molecule has 0 rings (SSSR count). The van der Waals surface area contributed by atoms with Gasteiger partial charge in [0.15, 0.2) is 0 Å². The van der Waals surface area contributed by atoms with E-state index in [1.165, 1.54) is 6.42 Å². The third-order valence-corrected chi connectivity index (χ3v) is 1.67. The van der Waals surface area contributed by atoms with E-state index in [-0.39, 0.29) is 6.61 Å². The number of rotatable bonds is 7.